The molecule has 0 spiro atoms. The highest BCUT2D eigenvalue weighted by molar-refractivity contribution is 7.99. The van der Waals surface area contributed by atoms with Crippen molar-refractivity contribution >= 4 is 23.7 Å². The van der Waals surface area contributed by atoms with Gasteiger partial charge in [0.2, 0.25) is 0 Å². The molecule has 0 bridgehead atoms. The minimum atomic E-state index is -0.995. The van der Waals surface area contributed by atoms with Crippen LogP contribution in [0.3, 0.4) is 0 Å². The summed E-state index contributed by atoms with van der Waals surface area (Å²) in [6, 6.07) is 38.0. The van der Waals surface area contributed by atoms with E-state index >= 15 is 0 Å². The number of rotatable bonds is 16. The Morgan fingerprint density at radius 3 is 1.79 bits per heavy atom. The monoisotopic (exact) mass is 762 g/mol. The van der Waals surface area contributed by atoms with Crippen LogP contribution in [0, 0.1) is 30.6 Å². The maximum Gasteiger partial charge on any atom is 0.341 e. The van der Waals surface area contributed by atoms with E-state index in [1.807, 2.05) is 85.8 Å². The molecule has 0 aromatic heterocycles. The number of ether oxygens (including phenoxy) is 3. The Kier molecular flexibility index (Phi) is 15.6. The molecule has 2 N–H and O–H groups in total. The van der Waals surface area contributed by atoms with Crippen LogP contribution in [0.1, 0.15) is 29.2 Å². The number of carbonyl (C=O) groups is 2. The van der Waals surface area contributed by atoms with E-state index in [9.17, 15) is 14.7 Å². The minimum absolute atomic E-state index is 0.304. The van der Waals surface area contributed by atoms with Gasteiger partial charge in [0.25, 0.3) is 0 Å². The third-order valence-electron chi connectivity index (χ3n) is 8.33. The Labute approximate surface area is 332 Å². The number of carboxylic acid groups (broad SMARTS) is 2. The number of carboxylic acids is 2. The molecular weight excluding hydrogens is 721 g/mol. The highest BCUT2D eigenvalue weighted by atomic mass is 32.2. The van der Waals surface area contributed by atoms with Crippen LogP contribution in [0.25, 0.3) is 22.3 Å². The standard InChI is InChI=1S/C48H42O7S/c1-3-53-46(48(51)52)33-38-16-26-43(27-17-38)54-30-8-4-6-10-36-12-18-39(19-13-36)41-22-24-42(25-23-41)40-20-14-37(15-21-40)11-7-5-9-31-56-44-28-29-45(35(2)32-44)55-34-47(49)50/h4-5,8-9,12-29,32,46H,3,30-31,33-34H2,1-2H3,(H,49,50)(H,51,52). The molecule has 8 heteroatoms. The number of hydrogen-bond acceptors (Lipinski definition) is 6. The summed E-state index contributed by atoms with van der Waals surface area (Å²) in [4.78, 5) is 23.1. The number of thioether (sulfide) groups is 1. The smallest absolute Gasteiger partial charge is 0.341 e. The van der Waals surface area contributed by atoms with E-state index in [4.69, 9.17) is 19.3 Å². The summed E-state index contributed by atoms with van der Waals surface area (Å²) in [6.45, 7) is 4.05. The fraction of sp³-hybridized carbons (Fsp3) is 0.167. The van der Waals surface area contributed by atoms with Crippen molar-refractivity contribution in [1.82, 2.24) is 0 Å². The van der Waals surface area contributed by atoms with Crippen molar-refractivity contribution in [2.24, 2.45) is 0 Å². The normalized spacial score (nSPS) is 11.3. The van der Waals surface area contributed by atoms with Gasteiger partial charge in [0.15, 0.2) is 12.7 Å². The second-order valence-electron chi connectivity index (χ2n) is 12.4. The third-order valence-corrected chi connectivity index (χ3v) is 9.28. The van der Waals surface area contributed by atoms with Crippen LogP contribution in [0.4, 0.5) is 0 Å². The van der Waals surface area contributed by atoms with E-state index in [2.05, 4.69) is 72.2 Å². The maximum absolute atomic E-state index is 11.3. The molecule has 0 saturated carbocycles. The lowest BCUT2D eigenvalue weighted by atomic mass is 9.99. The largest absolute Gasteiger partial charge is 0.490 e. The Morgan fingerprint density at radius 2 is 1.27 bits per heavy atom. The van der Waals surface area contributed by atoms with Crippen molar-refractivity contribution in [1.29, 1.82) is 0 Å². The summed E-state index contributed by atoms with van der Waals surface area (Å²) in [5.74, 6) is 12.6. The molecule has 0 aliphatic heterocycles. The Bertz CT molecular complexity index is 2250. The number of hydrogen-bond donors (Lipinski definition) is 2. The van der Waals surface area contributed by atoms with Gasteiger partial charge >= 0.3 is 11.9 Å². The summed E-state index contributed by atoms with van der Waals surface area (Å²) < 4.78 is 16.3. The van der Waals surface area contributed by atoms with E-state index < -0.39 is 18.0 Å². The van der Waals surface area contributed by atoms with Crippen LogP contribution in [0.5, 0.6) is 11.5 Å². The SMILES string of the molecule is CCOC(Cc1ccc(OCC=CC#Cc2ccc(-c3ccc(-c4ccc(C#CC=CCSc5ccc(OCC(=O)O)c(C)c5)cc4)cc3)cc2)cc1)C(=O)O. The van der Waals surface area contributed by atoms with Gasteiger partial charge in [-0.05, 0) is 120 Å². The molecular formula is C48H42O7S. The van der Waals surface area contributed by atoms with Crippen molar-refractivity contribution in [3.8, 4) is 57.4 Å². The van der Waals surface area contributed by atoms with Crippen LogP contribution in [0.2, 0.25) is 0 Å². The fourth-order valence-corrected chi connectivity index (χ4v) is 6.28. The van der Waals surface area contributed by atoms with Gasteiger partial charge in [-0.25, -0.2) is 9.59 Å². The second kappa shape index (κ2) is 21.4. The molecule has 56 heavy (non-hydrogen) atoms. The highest BCUT2D eigenvalue weighted by Gasteiger charge is 2.17. The molecule has 1 atom stereocenters. The van der Waals surface area contributed by atoms with Crippen molar-refractivity contribution in [2.75, 3.05) is 25.6 Å². The van der Waals surface area contributed by atoms with Gasteiger partial charge < -0.3 is 24.4 Å². The Hall–Kier alpha value is -6.45. The summed E-state index contributed by atoms with van der Waals surface area (Å²) in [6.07, 6.45) is 6.95. The van der Waals surface area contributed by atoms with Gasteiger partial charge in [-0.1, -0.05) is 90.4 Å². The molecule has 5 aromatic carbocycles. The van der Waals surface area contributed by atoms with Crippen LogP contribution >= 0.6 is 11.8 Å². The molecule has 0 heterocycles. The number of aliphatic carboxylic acids is 2. The molecule has 282 valence electrons. The lowest BCUT2D eigenvalue weighted by Gasteiger charge is -2.12. The third kappa shape index (κ3) is 13.1. The van der Waals surface area contributed by atoms with Gasteiger partial charge in [-0.3, -0.25) is 0 Å². The van der Waals surface area contributed by atoms with Crippen LogP contribution in [0.15, 0.2) is 144 Å². The minimum Gasteiger partial charge on any atom is -0.490 e. The molecule has 0 radical (unpaired) electrons. The maximum atomic E-state index is 11.3. The molecule has 0 fully saturated rings. The van der Waals surface area contributed by atoms with E-state index in [1.54, 1.807) is 30.8 Å². The van der Waals surface area contributed by atoms with Crippen molar-refractivity contribution in [3.63, 3.8) is 0 Å². The predicted molar refractivity (Wildman–Crippen MR) is 223 cm³/mol. The first kappa shape index (κ1) is 40.7. The van der Waals surface area contributed by atoms with E-state index in [0.717, 1.165) is 55.2 Å². The van der Waals surface area contributed by atoms with Crippen molar-refractivity contribution < 1.29 is 34.0 Å². The van der Waals surface area contributed by atoms with Gasteiger partial charge in [-0.2, -0.15) is 0 Å². The van der Waals surface area contributed by atoms with Gasteiger partial charge in [-0.15, -0.1) is 11.8 Å². The first-order chi connectivity index (χ1) is 27.3. The average Bonchev–Trinajstić information content (AvgIpc) is 3.21. The van der Waals surface area contributed by atoms with Crippen LogP contribution in [-0.4, -0.2) is 53.8 Å². The zero-order chi connectivity index (χ0) is 39.5. The molecule has 0 saturated heterocycles. The quantitative estimate of drug-likeness (QED) is 0.0758. The fourth-order valence-electron chi connectivity index (χ4n) is 5.47. The van der Waals surface area contributed by atoms with E-state index in [0.29, 0.717) is 31.1 Å². The molecule has 5 rings (SSSR count). The first-order valence-corrected chi connectivity index (χ1v) is 19.0. The number of aryl methyl sites for hydroxylation is 1. The van der Waals surface area contributed by atoms with E-state index in [1.165, 1.54) is 0 Å². The Morgan fingerprint density at radius 1 is 0.714 bits per heavy atom. The van der Waals surface area contributed by atoms with E-state index in [-0.39, 0.29) is 6.61 Å². The topological polar surface area (TPSA) is 102 Å². The number of benzene rings is 5. The highest BCUT2D eigenvalue weighted by Crippen LogP contribution is 2.27. The molecule has 5 aromatic rings. The number of allylic oxidation sites excluding steroid dienone is 2. The second-order valence-corrected chi connectivity index (χ2v) is 13.5. The summed E-state index contributed by atoms with van der Waals surface area (Å²) in [5, 5.41) is 18.1. The molecule has 0 aliphatic carbocycles. The average molecular weight is 763 g/mol. The lowest BCUT2D eigenvalue weighted by Crippen LogP contribution is -2.26. The molecule has 7 nitrogen and oxygen atoms in total. The van der Waals surface area contributed by atoms with Crippen molar-refractivity contribution in [2.45, 2.75) is 31.3 Å². The first-order valence-electron chi connectivity index (χ1n) is 18.1. The summed E-state index contributed by atoms with van der Waals surface area (Å²) in [5.41, 5.74) is 8.11. The molecule has 0 amide bonds. The van der Waals surface area contributed by atoms with Gasteiger partial charge in [0.05, 0.1) is 0 Å². The zero-order valence-electron chi connectivity index (χ0n) is 31.2. The molecule has 0 aliphatic rings. The van der Waals surface area contributed by atoms with Crippen LogP contribution in [-0.2, 0) is 20.7 Å². The predicted octanol–water partition coefficient (Wildman–Crippen LogP) is 9.51. The van der Waals surface area contributed by atoms with Crippen molar-refractivity contribution in [3.05, 3.63) is 162 Å². The lowest BCUT2D eigenvalue weighted by molar-refractivity contribution is -0.150. The zero-order valence-corrected chi connectivity index (χ0v) is 32.1. The van der Waals surface area contributed by atoms with Gasteiger partial charge in [0.1, 0.15) is 18.1 Å². The summed E-state index contributed by atoms with van der Waals surface area (Å²) in [7, 11) is 0. The van der Waals surface area contributed by atoms with Crippen LogP contribution < -0.4 is 9.47 Å². The Balaban J connectivity index is 1.04. The summed E-state index contributed by atoms with van der Waals surface area (Å²) >= 11 is 1.67. The van der Waals surface area contributed by atoms with Gasteiger partial charge in [0, 0.05) is 34.8 Å². The molecule has 1 unspecified atom stereocenters.